The zero-order valence-electron chi connectivity index (χ0n) is 16.0. The molecule has 1 aliphatic carbocycles. The molecule has 0 radical (unpaired) electrons. The minimum Gasteiger partial charge on any atom is -0.365 e. The van der Waals surface area contributed by atoms with Crippen LogP contribution in [0, 0.1) is 17.1 Å². The van der Waals surface area contributed by atoms with Gasteiger partial charge >= 0.3 is 0 Å². The predicted molar refractivity (Wildman–Crippen MR) is 114 cm³/mol. The van der Waals surface area contributed by atoms with Gasteiger partial charge in [0.15, 0.2) is 11.5 Å². The monoisotopic (exact) mass is 503 g/mol. The van der Waals surface area contributed by atoms with E-state index in [1.807, 2.05) is 0 Å². The van der Waals surface area contributed by atoms with Gasteiger partial charge in [-0.15, -0.1) is 0 Å². The molecule has 1 saturated carbocycles. The minimum absolute atomic E-state index is 0.0488. The van der Waals surface area contributed by atoms with Crippen LogP contribution in [0.15, 0.2) is 27.3 Å². The third-order valence-electron chi connectivity index (χ3n) is 4.87. The number of nitrogens with zero attached hydrogens (tertiary/aromatic N) is 2. The van der Waals surface area contributed by atoms with E-state index in [0.717, 1.165) is 32.1 Å². The molecule has 1 aliphatic rings. The zero-order valence-corrected chi connectivity index (χ0v) is 18.4. The molecule has 0 saturated heterocycles. The van der Waals surface area contributed by atoms with Crippen molar-refractivity contribution >= 4 is 43.5 Å². The zero-order chi connectivity index (χ0) is 21.7. The van der Waals surface area contributed by atoms with Crippen LogP contribution in [-0.4, -0.2) is 37.2 Å². The Bertz CT molecular complexity index is 1000. The summed E-state index contributed by atoms with van der Waals surface area (Å²) in [5.74, 6) is 0.209. The fourth-order valence-corrected chi connectivity index (χ4v) is 4.59. The number of aromatic nitrogens is 2. The summed E-state index contributed by atoms with van der Waals surface area (Å²) in [4.78, 5) is 0. The van der Waals surface area contributed by atoms with Crippen LogP contribution < -0.4 is 20.5 Å². The predicted octanol–water partition coefficient (Wildman–Crippen LogP) is 2.56. The van der Waals surface area contributed by atoms with E-state index >= 15 is 0 Å². The number of amidine groups is 1. The van der Waals surface area contributed by atoms with E-state index in [1.54, 1.807) is 0 Å². The summed E-state index contributed by atoms with van der Waals surface area (Å²) in [7, 11) is -3.70. The van der Waals surface area contributed by atoms with Gasteiger partial charge in [0, 0.05) is 18.3 Å². The van der Waals surface area contributed by atoms with Crippen molar-refractivity contribution in [3.8, 4) is 0 Å². The van der Waals surface area contributed by atoms with E-state index in [1.165, 1.54) is 18.2 Å². The van der Waals surface area contributed by atoms with E-state index in [-0.39, 0.29) is 22.0 Å². The Labute approximate surface area is 182 Å². The number of halogens is 2. The van der Waals surface area contributed by atoms with Gasteiger partial charge in [-0.3, -0.25) is 5.41 Å². The standard InChI is InChI=1S/C17H23BrFN7O3S/c18-13-9-11(4-5-14(13)19)23-16(20)15-17(25-29-24-15)22-7-6-10-2-1-3-12(8-10)26-30(21,27)28/h4-5,9-10,12,26H,1-3,6-8H2,(H2,20,23)(H,22,25)(H2,21,27,28). The normalized spacial score (nSPS) is 19.4. The van der Waals surface area contributed by atoms with E-state index in [0.29, 0.717) is 24.0 Å². The molecule has 2 unspecified atom stereocenters. The second-order valence-corrected chi connectivity index (χ2v) is 9.38. The quantitative estimate of drug-likeness (QED) is 0.273. The molecule has 6 N–H and O–H groups in total. The summed E-state index contributed by atoms with van der Waals surface area (Å²) in [6.07, 6.45) is 4.22. The van der Waals surface area contributed by atoms with Crippen molar-refractivity contribution in [2.24, 2.45) is 11.1 Å². The molecule has 1 aromatic carbocycles. The first-order valence-corrected chi connectivity index (χ1v) is 11.7. The van der Waals surface area contributed by atoms with Gasteiger partial charge in [0.2, 0.25) is 5.82 Å². The molecule has 30 heavy (non-hydrogen) atoms. The number of nitrogens with two attached hydrogens (primary N) is 1. The van der Waals surface area contributed by atoms with E-state index in [4.69, 9.17) is 15.2 Å². The highest BCUT2D eigenvalue weighted by Crippen LogP contribution is 2.27. The van der Waals surface area contributed by atoms with Crippen molar-refractivity contribution in [2.75, 3.05) is 17.2 Å². The van der Waals surface area contributed by atoms with Crippen LogP contribution in [0.3, 0.4) is 0 Å². The number of hydrogen-bond acceptors (Lipinski definition) is 7. The van der Waals surface area contributed by atoms with Crippen molar-refractivity contribution in [1.29, 1.82) is 5.41 Å². The fourth-order valence-electron chi connectivity index (χ4n) is 3.53. The van der Waals surface area contributed by atoms with Gasteiger partial charge < -0.3 is 10.6 Å². The molecule has 2 aromatic rings. The lowest BCUT2D eigenvalue weighted by atomic mass is 9.84. The molecule has 0 amide bonds. The molecule has 1 heterocycles. The average molecular weight is 504 g/mol. The Balaban J connectivity index is 1.52. The Morgan fingerprint density at radius 1 is 1.37 bits per heavy atom. The van der Waals surface area contributed by atoms with Crippen LogP contribution >= 0.6 is 15.9 Å². The van der Waals surface area contributed by atoms with E-state index in [2.05, 4.69) is 41.6 Å². The molecular formula is C17H23BrFN7O3S. The third kappa shape index (κ3) is 6.45. The van der Waals surface area contributed by atoms with Crippen molar-refractivity contribution in [3.63, 3.8) is 0 Å². The van der Waals surface area contributed by atoms with Gasteiger partial charge in [-0.25, -0.2) is 14.2 Å². The SMILES string of the molecule is N=C(Nc1ccc(F)c(Br)c1)c1nonc1NCCC1CCCC(NS(N)(=O)=O)C1. The number of hydrogen-bond donors (Lipinski definition) is 5. The average Bonchev–Trinajstić information content (AvgIpc) is 3.12. The first-order chi connectivity index (χ1) is 14.2. The summed E-state index contributed by atoms with van der Waals surface area (Å²) < 4.78 is 43.3. The van der Waals surface area contributed by atoms with E-state index < -0.39 is 16.0 Å². The van der Waals surface area contributed by atoms with Crippen molar-refractivity contribution < 1.29 is 17.4 Å². The lowest BCUT2D eigenvalue weighted by Gasteiger charge is -2.29. The van der Waals surface area contributed by atoms with Crippen LogP contribution in [0.1, 0.15) is 37.8 Å². The second kappa shape index (κ2) is 9.81. The number of benzene rings is 1. The summed E-state index contributed by atoms with van der Waals surface area (Å²) in [5.41, 5.74) is 0.714. The Hall–Kier alpha value is -2.09. The minimum atomic E-state index is -3.70. The summed E-state index contributed by atoms with van der Waals surface area (Å²) in [6.45, 7) is 0.559. The first-order valence-electron chi connectivity index (χ1n) is 9.38. The first kappa shape index (κ1) is 22.6. The fraction of sp³-hybridized carbons (Fsp3) is 0.471. The maximum Gasteiger partial charge on any atom is 0.274 e. The number of rotatable bonds is 8. The third-order valence-corrected chi connectivity index (χ3v) is 6.14. The molecule has 3 rings (SSSR count). The van der Waals surface area contributed by atoms with E-state index in [9.17, 15) is 12.8 Å². The topological polar surface area (TPSA) is 159 Å². The lowest BCUT2D eigenvalue weighted by Crippen LogP contribution is -2.42. The molecule has 2 atom stereocenters. The van der Waals surface area contributed by atoms with Gasteiger partial charge in [-0.2, -0.15) is 13.1 Å². The van der Waals surface area contributed by atoms with Crippen LogP contribution in [0.5, 0.6) is 0 Å². The molecule has 1 fully saturated rings. The highest BCUT2D eigenvalue weighted by Gasteiger charge is 2.24. The molecule has 1 aromatic heterocycles. The molecule has 164 valence electrons. The molecule has 0 spiro atoms. The van der Waals surface area contributed by atoms with Gasteiger partial charge in [0.1, 0.15) is 5.82 Å². The molecule has 0 bridgehead atoms. The molecule has 0 aliphatic heterocycles. The Kier molecular flexibility index (Phi) is 7.39. The maximum atomic E-state index is 13.4. The largest absolute Gasteiger partial charge is 0.365 e. The van der Waals surface area contributed by atoms with Gasteiger partial charge in [0.05, 0.1) is 4.47 Å². The van der Waals surface area contributed by atoms with Crippen LogP contribution in [0.2, 0.25) is 0 Å². The molecular weight excluding hydrogens is 481 g/mol. The van der Waals surface area contributed by atoms with Crippen LogP contribution in [0.4, 0.5) is 15.9 Å². The lowest BCUT2D eigenvalue weighted by molar-refractivity contribution is 0.297. The maximum absolute atomic E-state index is 13.4. The van der Waals surface area contributed by atoms with Crippen LogP contribution in [0.25, 0.3) is 0 Å². The van der Waals surface area contributed by atoms with Crippen molar-refractivity contribution in [3.05, 3.63) is 34.2 Å². The summed E-state index contributed by atoms with van der Waals surface area (Å²) in [6, 6.07) is 4.15. The second-order valence-electron chi connectivity index (χ2n) is 7.20. The number of nitrogens with one attached hydrogen (secondary N) is 4. The van der Waals surface area contributed by atoms with Gasteiger partial charge in [0.25, 0.3) is 10.2 Å². The molecule has 10 nitrogen and oxygen atoms in total. The highest BCUT2D eigenvalue weighted by molar-refractivity contribution is 9.10. The van der Waals surface area contributed by atoms with Gasteiger partial charge in [-0.1, -0.05) is 12.8 Å². The van der Waals surface area contributed by atoms with Gasteiger partial charge in [-0.05, 0) is 69.6 Å². The van der Waals surface area contributed by atoms with Crippen molar-refractivity contribution in [1.82, 2.24) is 15.0 Å². The smallest absolute Gasteiger partial charge is 0.274 e. The Morgan fingerprint density at radius 2 is 2.17 bits per heavy atom. The number of anilines is 2. The highest BCUT2D eigenvalue weighted by atomic mass is 79.9. The van der Waals surface area contributed by atoms with Crippen LogP contribution in [-0.2, 0) is 10.2 Å². The summed E-state index contributed by atoms with van der Waals surface area (Å²) in [5, 5.41) is 26.8. The molecule has 13 heteroatoms. The van der Waals surface area contributed by atoms with Crippen molar-refractivity contribution in [2.45, 2.75) is 38.1 Å². The Morgan fingerprint density at radius 3 is 2.90 bits per heavy atom. The summed E-state index contributed by atoms with van der Waals surface area (Å²) >= 11 is 3.10.